The van der Waals surface area contributed by atoms with E-state index in [4.69, 9.17) is 4.74 Å². The highest BCUT2D eigenvalue weighted by Crippen LogP contribution is 2.37. The first-order valence-corrected chi connectivity index (χ1v) is 7.81. The van der Waals surface area contributed by atoms with Gasteiger partial charge >= 0.3 is 6.18 Å². The number of anilines is 1. The predicted octanol–water partition coefficient (Wildman–Crippen LogP) is 3.42. The smallest absolute Gasteiger partial charge is 0.435 e. The van der Waals surface area contributed by atoms with E-state index in [1.807, 2.05) is 18.2 Å². The molecule has 1 atom stereocenters. The van der Waals surface area contributed by atoms with Crippen LogP contribution in [0.4, 0.5) is 19.0 Å². The third kappa shape index (κ3) is 3.08. The number of aryl methyl sites for hydroxylation is 2. The number of amides is 1. The summed E-state index contributed by atoms with van der Waals surface area (Å²) in [5.41, 5.74) is 0.831. The van der Waals surface area contributed by atoms with Crippen LogP contribution in [-0.4, -0.2) is 22.8 Å². The fraction of sp³-hybridized carbons (Fsp3) is 0.412. The minimum absolute atomic E-state index is 0.0636. The van der Waals surface area contributed by atoms with E-state index < -0.39 is 17.8 Å². The first-order valence-electron chi connectivity index (χ1n) is 7.81. The summed E-state index contributed by atoms with van der Waals surface area (Å²) in [5, 5.41) is 6.10. The Balaban J connectivity index is 1.87. The molecule has 0 bridgehead atoms. The van der Waals surface area contributed by atoms with Crippen LogP contribution in [0.25, 0.3) is 0 Å². The largest absolute Gasteiger partial charge is 0.497 e. The molecule has 0 radical (unpaired) electrons. The molecule has 1 aromatic heterocycles. The lowest BCUT2D eigenvalue weighted by molar-refractivity contribution is -0.141. The van der Waals surface area contributed by atoms with Gasteiger partial charge in [-0.3, -0.25) is 9.48 Å². The first kappa shape index (κ1) is 17.3. The molecular formula is C17H18F3N3O2. The number of carbonyl (C=O) groups is 1. The Bertz CT molecular complexity index is 827. The molecule has 0 fully saturated rings. The van der Waals surface area contributed by atoms with E-state index in [1.165, 1.54) is 14.0 Å². The van der Waals surface area contributed by atoms with Crippen LogP contribution in [0.3, 0.4) is 0 Å². The average molecular weight is 353 g/mol. The Kier molecular flexibility index (Phi) is 4.22. The molecule has 2 aromatic rings. The number of rotatable bonds is 3. The number of hydrogen-bond acceptors (Lipinski definition) is 3. The zero-order valence-electron chi connectivity index (χ0n) is 14.1. The molecule has 1 heterocycles. The fourth-order valence-corrected chi connectivity index (χ4v) is 3.26. The quantitative estimate of drug-likeness (QED) is 0.920. The number of aromatic nitrogens is 2. The first-order chi connectivity index (χ1) is 11.7. The molecule has 0 saturated carbocycles. The van der Waals surface area contributed by atoms with Crippen molar-refractivity contribution in [1.29, 1.82) is 0 Å². The Hall–Kier alpha value is -2.51. The summed E-state index contributed by atoms with van der Waals surface area (Å²) in [6.07, 6.45) is -3.20. The second-order valence-electron chi connectivity index (χ2n) is 6.09. The zero-order chi connectivity index (χ0) is 18.4. The number of benzene rings is 1. The fourth-order valence-electron chi connectivity index (χ4n) is 3.26. The molecule has 3 rings (SSSR count). The Morgan fingerprint density at radius 1 is 1.40 bits per heavy atom. The number of halogens is 3. The van der Waals surface area contributed by atoms with E-state index in [2.05, 4.69) is 10.4 Å². The second-order valence-corrected chi connectivity index (χ2v) is 6.09. The van der Waals surface area contributed by atoms with Gasteiger partial charge < -0.3 is 10.1 Å². The van der Waals surface area contributed by atoms with Gasteiger partial charge in [0.1, 0.15) is 11.6 Å². The monoisotopic (exact) mass is 353 g/mol. The van der Waals surface area contributed by atoms with Crippen molar-refractivity contribution in [1.82, 2.24) is 9.78 Å². The van der Waals surface area contributed by atoms with E-state index in [0.717, 1.165) is 22.2 Å². The predicted molar refractivity (Wildman–Crippen MR) is 85.6 cm³/mol. The molecule has 1 N–H and O–H groups in total. The van der Waals surface area contributed by atoms with Crippen molar-refractivity contribution in [3.05, 3.63) is 40.6 Å². The normalized spacial score (nSPS) is 16.6. The van der Waals surface area contributed by atoms with Crippen LogP contribution < -0.4 is 10.1 Å². The summed E-state index contributed by atoms with van der Waals surface area (Å²) in [6, 6.07) is 5.56. The maximum absolute atomic E-state index is 13.0. The van der Waals surface area contributed by atoms with E-state index in [-0.39, 0.29) is 17.3 Å². The Morgan fingerprint density at radius 2 is 2.12 bits per heavy atom. The number of ether oxygens (including phenoxy) is 1. The van der Waals surface area contributed by atoms with Gasteiger partial charge in [-0.25, -0.2) is 0 Å². The number of methoxy groups -OCH3 is 1. The molecule has 134 valence electrons. The van der Waals surface area contributed by atoms with Crippen LogP contribution in [-0.2, 0) is 24.4 Å². The maximum atomic E-state index is 13.0. The van der Waals surface area contributed by atoms with Gasteiger partial charge in [0.05, 0.1) is 13.0 Å². The molecule has 0 aliphatic heterocycles. The highest BCUT2D eigenvalue weighted by Gasteiger charge is 2.38. The SMILES string of the molecule is COc1ccc2c(c1)C(C(=O)Nc1c(C)c(C(F)(F)F)nn1C)CC2. The van der Waals surface area contributed by atoms with Crippen molar-refractivity contribution in [3.63, 3.8) is 0 Å². The molecule has 5 nitrogen and oxygen atoms in total. The topological polar surface area (TPSA) is 56.1 Å². The Labute approximate surface area is 142 Å². The molecule has 25 heavy (non-hydrogen) atoms. The highest BCUT2D eigenvalue weighted by atomic mass is 19.4. The summed E-state index contributed by atoms with van der Waals surface area (Å²) in [6.45, 7) is 1.30. The summed E-state index contributed by atoms with van der Waals surface area (Å²) in [7, 11) is 2.92. The van der Waals surface area contributed by atoms with Crippen molar-refractivity contribution >= 4 is 11.7 Å². The molecule has 1 unspecified atom stereocenters. The summed E-state index contributed by atoms with van der Waals surface area (Å²) in [4.78, 5) is 12.7. The van der Waals surface area contributed by atoms with Crippen LogP contribution >= 0.6 is 0 Å². The minimum atomic E-state index is -4.56. The average Bonchev–Trinajstić information content (AvgIpc) is 3.09. The minimum Gasteiger partial charge on any atom is -0.497 e. The third-order valence-corrected chi connectivity index (χ3v) is 4.54. The van der Waals surface area contributed by atoms with Crippen LogP contribution in [0.2, 0.25) is 0 Å². The summed E-state index contributed by atoms with van der Waals surface area (Å²) in [5.74, 6) is -0.0521. The van der Waals surface area contributed by atoms with Gasteiger partial charge in [0.2, 0.25) is 5.91 Å². The van der Waals surface area contributed by atoms with Crippen molar-refractivity contribution < 1.29 is 22.7 Å². The van der Waals surface area contributed by atoms with Gasteiger partial charge in [-0.1, -0.05) is 6.07 Å². The number of hydrogen-bond donors (Lipinski definition) is 1. The molecule has 1 aromatic carbocycles. The summed E-state index contributed by atoms with van der Waals surface area (Å²) < 4.78 is 45.1. The molecule has 1 aliphatic rings. The number of nitrogens with one attached hydrogen (secondary N) is 1. The van der Waals surface area contributed by atoms with E-state index in [9.17, 15) is 18.0 Å². The van der Waals surface area contributed by atoms with Gasteiger partial charge in [-0.2, -0.15) is 18.3 Å². The standard InChI is InChI=1S/C17H18F3N3O2/c1-9-14(17(18,19)20)22-23(2)15(9)21-16(24)12-7-5-10-4-6-11(25-3)8-13(10)12/h4,6,8,12H,5,7H2,1-3H3,(H,21,24). The van der Waals surface area contributed by atoms with E-state index >= 15 is 0 Å². The highest BCUT2D eigenvalue weighted by molar-refractivity contribution is 5.96. The maximum Gasteiger partial charge on any atom is 0.435 e. The van der Waals surface area contributed by atoms with E-state index in [0.29, 0.717) is 12.2 Å². The van der Waals surface area contributed by atoms with Crippen LogP contribution in [0.15, 0.2) is 18.2 Å². The molecule has 8 heteroatoms. The third-order valence-electron chi connectivity index (χ3n) is 4.54. The molecule has 1 aliphatic carbocycles. The van der Waals surface area contributed by atoms with Gasteiger partial charge in [0.25, 0.3) is 0 Å². The molecular weight excluding hydrogens is 335 g/mol. The lowest BCUT2D eigenvalue weighted by atomic mass is 10.00. The number of fused-ring (bicyclic) bond motifs is 1. The van der Waals surface area contributed by atoms with E-state index in [1.54, 1.807) is 7.11 Å². The lowest BCUT2D eigenvalue weighted by Crippen LogP contribution is -2.21. The zero-order valence-corrected chi connectivity index (χ0v) is 14.1. The van der Waals surface area contributed by atoms with Gasteiger partial charge in [-0.05, 0) is 43.0 Å². The number of alkyl halides is 3. The van der Waals surface area contributed by atoms with Crippen molar-refractivity contribution in [2.45, 2.75) is 31.9 Å². The van der Waals surface area contributed by atoms with Gasteiger partial charge in [-0.15, -0.1) is 0 Å². The summed E-state index contributed by atoms with van der Waals surface area (Å²) >= 11 is 0. The van der Waals surface area contributed by atoms with Gasteiger partial charge in [0, 0.05) is 12.6 Å². The van der Waals surface area contributed by atoms with Crippen molar-refractivity contribution in [3.8, 4) is 5.75 Å². The lowest BCUT2D eigenvalue weighted by Gasteiger charge is -2.14. The number of nitrogens with zero attached hydrogens (tertiary/aromatic N) is 2. The van der Waals surface area contributed by atoms with Crippen molar-refractivity contribution in [2.24, 2.45) is 7.05 Å². The molecule has 0 saturated heterocycles. The number of carbonyl (C=O) groups excluding carboxylic acids is 1. The van der Waals surface area contributed by atoms with Crippen LogP contribution in [0.1, 0.15) is 34.7 Å². The molecule has 0 spiro atoms. The van der Waals surface area contributed by atoms with Gasteiger partial charge in [0.15, 0.2) is 5.69 Å². The Morgan fingerprint density at radius 3 is 2.72 bits per heavy atom. The van der Waals surface area contributed by atoms with Crippen molar-refractivity contribution in [2.75, 3.05) is 12.4 Å². The van der Waals surface area contributed by atoms with Crippen LogP contribution in [0.5, 0.6) is 5.75 Å². The molecule has 1 amide bonds. The van der Waals surface area contributed by atoms with Crippen LogP contribution in [0, 0.1) is 6.92 Å². The second kappa shape index (κ2) is 6.09.